The van der Waals surface area contributed by atoms with E-state index in [1.54, 1.807) is 37.3 Å². The Morgan fingerprint density at radius 3 is 2.56 bits per heavy atom. The first-order valence-corrected chi connectivity index (χ1v) is 10.2. The zero-order valence-corrected chi connectivity index (χ0v) is 17.5. The lowest BCUT2D eigenvalue weighted by Gasteiger charge is -2.26. The highest BCUT2D eigenvalue weighted by Gasteiger charge is 2.31. The predicted molar refractivity (Wildman–Crippen MR) is 110 cm³/mol. The largest absolute Gasteiger partial charge is 0.573 e. The van der Waals surface area contributed by atoms with Crippen LogP contribution in [0.5, 0.6) is 5.75 Å². The minimum Gasteiger partial charge on any atom is -0.465 e. The number of carboxylic acid groups (broad SMARTS) is 1. The molecule has 1 heterocycles. The molecule has 0 spiro atoms. The third kappa shape index (κ3) is 5.73. The summed E-state index contributed by atoms with van der Waals surface area (Å²) in [6.45, 7) is 1.89. The molecule has 1 aromatic heterocycles. The molecule has 0 bridgehead atoms. The van der Waals surface area contributed by atoms with Crippen LogP contribution in [0.15, 0.2) is 48.5 Å². The second-order valence-corrected chi connectivity index (χ2v) is 7.63. The zero-order valence-electron chi connectivity index (χ0n) is 16.7. The normalized spacial score (nSPS) is 12.1. The van der Waals surface area contributed by atoms with Gasteiger partial charge in [0.05, 0.1) is 17.7 Å². The van der Waals surface area contributed by atoms with Gasteiger partial charge in [0.1, 0.15) is 15.8 Å². The topological polar surface area (TPSA) is 99.3 Å². The summed E-state index contributed by atoms with van der Waals surface area (Å²) in [6, 6.07) is 13.5. The number of nitrogens with zero attached hydrogens (tertiary/aromatic N) is 4. The highest BCUT2D eigenvalue weighted by molar-refractivity contribution is 7.14. The lowest BCUT2D eigenvalue weighted by molar-refractivity contribution is -0.274. The molecular formula is C21H17F3N4O3S. The van der Waals surface area contributed by atoms with Crippen molar-refractivity contribution in [3.63, 3.8) is 0 Å². The van der Waals surface area contributed by atoms with E-state index in [1.807, 2.05) is 6.07 Å². The van der Waals surface area contributed by atoms with E-state index in [9.17, 15) is 23.1 Å². The summed E-state index contributed by atoms with van der Waals surface area (Å²) in [5.41, 5.74) is 1.65. The van der Waals surface area contributed by atoms with Gasteiger partial charge in [-0.1, -0.05) is 35.6 Å². The van der Waals surface area contributed by atoms with E-state index < -0.39 is 18.5 Å². The summed E-state index contributed by atoms with van der Waals surface area (Å²) in [4.78, 5) is 13.0. The van der Waals surface area contributed by atoms with Gasteiger partial charge in [0, 0.05) is 12.1 Å². The first kappa shape index (κ1) is 23.0. The highest BCUT2D eigenvalue weighted by atomic mass is 32.1. The quantitative estimate of drug-likeness (QED) is 0.514. The van der Waals surface area contributed by atoms with Crippen LogP contribution in [0.3, 0.4) is 0 Å². The van der Waals surface area contributed by atoms with Gasteiger partial charge in [-0.25, -0.2) is 4.79 Å². The molecule has 0 aliphatic heterocycles. The van der Waals surface area contributed by atoms with E-state index in [-0.39, 0.29) is 18.7 Å². The van der Waals surface area contributed by atoms with Crippen molar-refractivity contribution in [3.05, 3.63) is 64.7 Å². The number of benzene rings is 2. The van der Waals surface area contributed by atoms with Crippen LogP contribution in [-0.2, 0) is 6.42 Å². The third-order valence-electron chi connectivity index (χ3n) is 4.51. The summed E-state index contributed by atoms with van der Waals surface area (Å²) < 4.78 is 41.5. The standard InChI is InChI=1S/C21H17F3N4O3S/c1-2-28(20(29)30)17(10-13-6-8-14(12-25)9-7-13)19-27-26-18(32-19)15-4-3-5-16(11-15)31-21(22,23)24/h3-9,11,17H,2,10H2,1H3,(H,29,30)/t17-/m0/s1. The number of likely N-dealkylation sites (N-methyl/N-ethyl adjacent to an activating group) is 1. The molecule has 11 heteroatoms. The number of rotatable bonds is 7. The lowest BCUT2D eigenvalue weighted by atomic mass is 10.0. The minimum absolute atomic E-state index is 0.195. The molecule has 0 radical (unpaired) electrons. The fraction of sp³-hybridized carbons (Fsp3) is 0.238. The van der Waals surface area contributed by atoms with E-state index in [1.165, 1.54) is 23.1 Å². The molecule has 3 rings (SSSR count). The van der Waals surface area contributed by atoms with Gasteiger partial charge in [0.15, 0.2) is 0 Å². The maximum Gasteiger partial charge on any atom is 0.573 e. The maximum absolute atomic E-state index is 12.5. The van der Waals surface area contributed by atoms with Crippen LogP contribution in [0.1, 0.15) is 29.1 Å². The number of ether oxygens (including phenoxy) is 1. The third-order valence-corrected chi connectivity index (χ3v) is 5.59. The van der Waals surface area contributed by atoms with Crippen molar-refractivity contribution < 1.29 is 27.8 Å². The van der Waals surface area contributed by atoms with Crippen LogP contribution in [-0.4, -0.2) is 39.2 Å². The van der Waals surface area contributed by atoms with Gasteiger partial charge < -0.3 is 9.84 Å². The first-order chi connectivity index (χ1) is 15.2. The predicted octanol–water partition coefficient (Wildman–Crippen LogP) is 5.26. The van der Waals surface area contributed by atoms with Gasteiger partial charge in [-0.2, -0.15) is 5.26 Å². The van der Waals surface area contributed by atoms with Gasteiger partial charge in [0.2, 0.25) is 0 Å². The Hall–Kier alpha value is -3.65. The van der Waals surface area contributed by atoms with Crippen molar-refractivity contribution in [2.45, 2.75) is 25.7 Å². The molecule has 1 atom stereocenters. The number of alkyl halides is 3. The molecule has 0 aliphatic carbocycles. The minimum atomic E-state index is -4.82. The Morgan fingerprint density at radius 1 is 1.25 bits per heavy atom. The maximum atomic E-state index is 12.5. The molecule has 2 aromatic carbocycles. The molecule has 0 saturated heterocycles. The van der Waals surface area contributed by atoms with Crippen molar-refractivity contribution in [3.8, 4) is 22.4 Å². The van der Waals surface area contributed by atoms with Crippen molar-refractivity contribution in [1.82, 2.24) is 15.1 Å². The molecular weight excluding hydrogens is 445 g/mol. The van der Waals surface area contributed by atoms with Crippen molar-refractivity contribution in [1.29, 1.82) is 5.26 Å². The number of amides is 1. The lowest BCUT2D eigenvalue weighted by Crippen LogP contribution is -2.34. The van der Waals surface area contributed by atoms with E-state index >= 15 is 0 Å². The average molecular weight is 462 g/mol. The van der Waals surface area contributed by atoms with Gasteiger partial charge in [-0.3, -0.25) is 4.90 Å². The monoisotopic (exact) mass is 462 g/mol. The summed E-state index contributed by atoms with van der Waals surface area (Å²) in [7, 11) is 0. The van der Waals surface area contributed by atoms with Gasteiger partial charge in [0.25, 0.3) is 0 Å². The van der Waals surface area contributed by atoms with Crippen LogP contribution in [0.4, 0.5) is 18.0 Å². The number of nitriles is 1. The summed E-state index contributed by atoms with van der Waals surface area (Å²) in [5.74, 6) is -0.387. The summed E-state index contributed by atoms with van der Waals surface area (Å²) in [6.07, 6.45) is -5.67. The van der Waals surface area contributed by atoms with Crippen molar-refractivity contribution in [2.75, 3.05) is 6.54 Å². The smallest absolute Gasteiger partial charge is 0.465 e. The number of hydrogen-bond acceptors (Lipinski definition) is 6. The molecule has 1 N–H and O–H groups in total. The zero-order chi connectivity index (χ0) is 23.3. The molecule has 0 aliphatic rings. The molecule has 166 valence electrons. The van der Waals surface area contributed by atoms with Crippen molar-refractivity contribution in [2.24, 2.45) is 0 Å². The van der Waals surface area contributed by atoms with Gasteiger partial charge in [-0.15, -0.1) is 23.4 Å². The van der Waals surface area contributed by atoms with Crippen LogP contribution >= 0.6 is 11.3 Å². The SMILES string of the molecule is CCN(C(=O)O)[C@@H](Cc1ccc(C#N)cc1)c1nnc(-c2cccc(OC(F)(F)F)c2)s1. The highest BCUT2D eigenvalue weighted by Crippen LogP contribution is 2.34. The summed E-state index contributed by atoms with van der Waals surface area (Å²) >= 11 is 1.09. The van der Waals surface area contributed by atoms with Crippen LogP contribution in [0.25, 0.3) is 10.6 Å². The van der Waals surface area contributed by atoms with Crippen LogP contribution in [0.2, 0.25) is 0 Å². The molecule has 32 heavy (non-hydrogen) atoms. The number of aromatic nitrogens is 2. The Kier molecular flexibility index (Phi) is 6.95. The Labute approximate surface area is 185 Å². The van der Waals surface area contributed by atoms with Crippen LogP contribution < -0.4 is 4.74 Å². The first-order valence-electron chi connectivity index (χ1n) is 9.38. The summed E-state index contributed by atoms with van der Waals surface area (Å²) in [5, 5.41) is 27.5. The van der Waals surface area contributed by atoms with E-state index in [0.29, 0.717) is 21.1 Å². The molecule has 7 nitrogen and oxygen atoms in total. The average Bonchev–Trinajstić information content (AvgIpc) is 3.23. The Morgan fingerprint density at radius 2 is 1.97 bits per heavy atom. The second-order valence-electron chi connectivity index (χ2n) is 6.62. The van der Waals surface area contributed by atoms with E-state index in [4.69, 9.17) is 5.26 Å². The molecule has 0 fully saturated rings. The van der Waals surface area contributed by atoms with E-state index in [0.717, 1.165) is 16.9 Å². The van der Waals surface area contributed by atoms with Gasteiger partial charge >= 0.3 is 12.5 Å². The van der Waals surface area contributed by atoms with E-state index in [2.05, 4.69) is 14.9 Å². The number of hydrogen-bond donors (Lipinski definition) is 1. The Balaban J connectivity index is 1.92. The molecule has 0 unspecified atom stereocenters. The van der Waals surface area contributed by atoms with Gasteiger partial charge in [-0.05, 0) is 43.2 Å². The second kappa shape index (κ2) is 9.65. The fourth-order valence-electron chi connectivity index (χ4n) is 3.07. The van der Waals surface area contributed by atoms with Crippen LogP contribution in [0, 0.1) is 11.3 Å². The molecule has 1 amide bonds. The number of carbonyl (C=O) groups is 1. The molecule has 0 saturated carbocycles. The Bertz CT molecular complexity index is 1130. The number of halogens is 3. The fourth-order valence-corrected chi connectivity index (χ4v) is 4.02. The molecule has 3 aromatic rings. The van der Waals surface area contributed by atoms with Crippen molar-refractivity contribution >= 4 is 17.4 Å².